The van der Waals surface area contributed by atoms with Gasteiger partial charge in [0.1, 0.15) is 5.75 Å². The lowest BCUT2D eigenvalue weighted by atomic mass is 10.2. The van der Waals surface area contributed by atoms with Crippen molar-refractivity contribution in [1.82, 2.24) is 19.8 Å². The SMILES string of the molecule is COc1cccc(CN(C)C(=O)CN2CCN(c3ncccn3)CC2)c1. The van der Waals surface area contributed by atoms with E-state index in [-0.39, 0.29) is 5.91 Å². The number of nitrogens with zero attached hydrogens (tertiary/aromatic N) is 5. The fourth-order valence-electron chi connectivity index (χ4n) is 3.01. The van der Waals surface area contributed by atoms with Crippen LogP contribution in [0.3, 0.4) is 0 Å². The van der Waals surface area contributed by atoms with E-state index in [1.807, 2.05) is 37.4 Å². The maximum atomic E-state index is 12.5. The molecule has 0 spiro atoms. The first-order chi connectivity index (χ1) is 12.7. The van der Waals surface area contributed by atoms with Gasteiger partial charge in [0, 0.05) is 52.2 Å². The molecule has 0 radical (unpaired) electrons. The lowest BCUT2D eigenvalue weighted by Crippen LogP contribution is -2.50. The number of ether oxygens (including phenoxy) is 1. The highest BCUT2D eigenvalue weighted by atomic mass is 16.5. The molecule has 7 heteroatoms. The van der Waals surface area contributed by atoms with Crippen LogP contribution in [0.4, 0.5) is 5.95 Å². The molecule has 0 saturated carbocycles. The second kappa shape index (κ2) is 8.62. The average molecular weight is 355 g/mol. The van der Waals surface area contributed by atoms with Gasteiger partial charge in [-0.1, -0.05) is 12.1 Å². The Labute approximate surface area is 154 Å². The quantitative estimate of drug-likeness (QED) is 0.778. The van der Waals surface area contributed by atoms with Gasteiger partial charge in [-0.2, -0.15) is 0 Å². The number of anilines is 1. The van der Waals surface area contributed by atoms with Gasteiger partial charge in [0.15, 0.2) is 0 Å². The van der Waals surface area contributed by atoms with E-state index < -0.39 is 0 Å². The zero-order valence-electron chi connectivity index (χ0n) is 15.3. The Bertz CT molecular complexity index is 717. The average Bonchev–Trinajstić information content (AvgIpc) is 2.69. The molecule has 0 N–H and O–H groups in total. The van der Waals surface area contributed by atoms with Gasteiger partial charge in [0.2, 0.25) is 11.9 Å². The second-order valence-corrected chi connectivity index (χ2v) is 6.41. The van der Waals surface area contributed by atoms with Crippen LogP contribution in [0.25, 0.3) is 0 Å². The fourth-order valence-corrected chi connectivity index (χ4v) is 3.01. The minimum atomic E-state index is 0.122. The molecule has 1 aliphatic rings. The van der Waals surface area contributed by atoms with Crippen molar-refractivity contribution >= 4 is 11.9 Å². The Morgan fingerprint density at radius 3 is 2.58 bits per heavy atom. The van der Waals surface area contributed by atoms with Crippen molar-refractivity contribution in [1.29, 1.82) is 0 Å². The van der Waals surface area contributed by atoms with E-state index in [0.29, 0.717) is 13.1 Å². The summed E-state index contributed by atoms with van der Waals surface area (Å²) in [6.45, 7) is 4.33. The normalized spacial score (nSPS) is 14.9. The molecule has 0 unspecified atom stereocenters. The predicted molar refractivity (Wildman–Crippen MR) is 100 cm³/mol. The molecule has 3 rings (SSSR count). The molecular formula is C19H25N5O2. The number of hydrogen-bond acceptors (Lipinski definition) is 6. The second-order valence-electron chi connectivity index (χ2n) is 6.41. The maximum absolute atomic E-state index is 12.5. The summed E-state index contributed by atoms with van der Waals surface area (Å²) in [6, 6.07) is 9.63. The van der Waals surface area contributed by atoms with Gasteiger partial charge in [-0.3, -0.25) is 9.69 Å². The summed E-state index contributed by atoms with van der Waals surface area (Å²) in [4.78, 5) is 27.2. The fraction of sp³-hybridized carbons (Fsp3) is 0.421. The van der Waals surface area contributed by atoms with Gasteiger partial charge < -0.3 is 14.5 Å². The molecule has 1 amide bonds. The van der Waals surface area contributed by atoms with Crippen LogP contribution in [-0.4, -0.2) is 72.6 Å². The van der Waals surface area contributed by atoms with Gasteiger partial charge in [0.25, 0.3) is 0 Å². The van der Waals surface area contributed by atoms with Crippen LogP contribution in [-0.2, 0) is 11.3 Å². The van der Waals surface area contributed by atoms with Crippen molar-refractivity contribution < 1.29 is 9.53 Å². The largest absolute Gasteiger partial charge is 0.497 e. The Kier molecular flexibility index (Phi) is 6.01. The lowest BCUT2D eigenvalue weighted by molar-refractivity contribution is -0.131. The summed E-state index contributed by atoms with van der Waals surface area (Å²) in [5.74, 6) is 1.69. The molecule has 1 aliphatic heterocycles. The highest BCUT2D eigenvalue weighted by Crippen LogP contribution is 2.14. The molecule has 1 aromatic carbocycles. The molecule has 1 fully saturated rings. The number of piperazine rings is 1. The number of benzene rings is 1. The molecule has 0 atom stereocenters. The number of hydrogen-bond donors (Lipinski definition) is 0. The zero-order valence-corrected chi connectivity index (χ0v) is 15.3. The Balaban J connectivity index is 1.47. The number of likely N-dealkylation sites (N-methyl/N-ethyl adjacent to an activating group) is 1. The number of amides is 1. The first-order valence-electron chi connectivity index (χ1n) is 8.77. The predicted octanol–water partition coefficient (Wildman–Crippen LogP) is 1.27. The standard InChI is InChI=1S/C19H25N5O2/c1-22(14-16-5-3-6-17(13-16)26-2)18(25)15-23-9-11-24(12-10-23)19-20-7-4-8-21-19/h3-8,13H,9-12,14-15H2,1-2H3. The Morgan fingerprint density at radius 2 is 1.88 bits per heavy atom. The van der Waals surface area contributed by atoms with Gasteiger partial charge in [0.05, 0.1) is 13.7 Å². The molecule has 7 nitrogen and oxygen atoms in total. The van der Waals surface area contributed by atoms with E-state index in [4.69, 9.17) is 4.74 Å². The summed E-state index contributed by atoms with van der Waals surface area (Å²) < 4.78 is 5.24. The van der Waals surface area contributed by atoms with Crippen LogP contribution in [0.5, 0.6) is 5.75 Å². The highest BCUT2D eigenvalue weighted by Gasteiger charge is 2.21. The third kappa shape index (κ3) is 4.70. The van der Waals surface area contributed by atoms with Crippen molar-refractivity contribution in [3.63, 3.8) is 0 Å². The third-order valence-electron chi connectivity index (χ3n) is 4.55. The highest BCUT2D eigenvalue weighted by molar-refractivity contribution is 5.78. The van der Waals surface area contributed by atoms with Gasteiger partial charge in [-0.05, 0) is 23.8 Å². The summed E-state index contributed by atoms with van der Waals surface area (Å²) in [5, 5.41) is 0. The number of aromatic nitrogens is 2. The van der Waals surface area contributed by atoms with Gasteiger partial charge in [-0.25, -0.2) is 9.97 Å². The van der Waals surface area contributed by atoms with E-state index in [2.05, 4.69) is 19.8 Å². The molecule has 0 aliphatic carbocycles. The molecule has 2 heterocycles. The maximum Gasteiger partial charge on any atom is 0.236 e. The van der Waals surface area contributed by atoms with E-state index in [9.17, 15) is 4.79 Å². The number of methoxy groups -OCH3 is 1. The monoisotopic (exact) mass is 355 g/mol. The Hall–Kier alpha value is -2.67. The van der Waals surface area contributed by atoms with Crippen LogP contribution in [0.1, 0.15) is 5.56 Å². The molecule has 1 saturated heterocycles. The van der Waals surface area contributed by atoms with Crippen molar-refractivity contribution in [3.05, 3.63) is 48.3 Å². The van der Waals surface area contributed by atoms with Crippen LogP contribution >= 0.6 is 0 Å². The topological polar surface area (TPSA) is 61.8 Å². The number of carbonyl (C=O) groups excluding carboxylic acids is 1. The first-order valence-corrected chi connectivity index (χ1v) is 8.77. The zero-order chi connectivity index (χ0) is 18.4. The van der Waals surface area contributed by atoms with E-state index in [0.717, 1.165) is 43.4 Å². The molecule has 0 bridgehead atoms. The minimum Gasteiger partial charge on any atom is -0.497 e. The van der Waals surface area contributed by atoms with Crippen molar-refractivity contribution in [2.75, 3.05) is 51.8 Å². The summed E-state index contributed by atoms with van der Waals surface area (Å²) in [5.41, 5.74) is 1.06. The van der Waals surface area contributed by atoms with Crippen LogP contribution in [0, 0.1) is 0 Å². The van der Waals surface area contributed by atoms with Crippen molar-refractivity contribution in [2.24, 2.45) is 0 Å². The third-order valence-corrected chi connectivity index (χ3v) is 4.55. The summed E-state index contributed by atoms with van der Waals surface area (Å²) in [6.07, 6.45) is 3.51. The minimum absolute atomic E-state index is 0.122. The molecule has 26 heavy (non-hydrogen) atoms. The van der Waals surface area contributed by atoms with Gasteiger partial charge in [-0.15, -0.1) is 0 Å². The van der Waals surface area contributed by atoms with Crippen LogP contribution in [0.15, 0.2) is 42.7 Å². The number of carbonyl (C=O) groups is 1. The smallest absolute Gasteiger partial charge is 0.236 e. The molecule has 1 aromatic heterocycles. The molecule has 138 valence electrons. The molecular weight excluding hydrogens is 330 g/mol. The van der Waals surface area contributed by atoms with E-state index in [1.54, 1.807) is 24.4 Å². The van der Waals surface area contributed by atoms with E-state index >= 15 is 0 Å². The van der Waals surface area contributed by atoms with Crippen molar-refractivity contribution in [3.8, 4) is 5.75 Å². The first kappa shape index (κ1) is 18.1. The molecule has 2 aromatic rings. The lowest BCUT2D eigenvalue weighted by Gasteiger charge is -2.34. The van der Waals surface area contributed by atoms with Crippen molar-refractivity contribution in [2.45, 2.75) is 6.54 Å². The summed E-state index contributed by atoms with van der Waals surface area (Å²) >= 11 is 0. The Morgan fingerprint density at radius 1 is 1.15 bits per heavy atom. The van der Waals surface area contributed by atoms with E-state index in [1.165, 1.54) is 0 Å². The van der Waals surface area contributed by atoms with Crippen LogP contribution in [0.2, 0.25) is 0 Å². The number of rotatable bonds is 6. The summed E-state index contributed by atoms with van der Waals surface area (Å²) in [7, 11) is 3.49. The van der Waals surface area contributed by atoms with Gasteiger partial charge >= 0.3 is 0 Å². The van der Waals surface area contributed by atoms with Crippen LogP contribution < -0.4 is 9.64 Å².